The first kappa shape index (κ1) is 18.6. The lowest BCUT2D eigenvalue weighted by atomic mass is 10.1. The zero-order valence-electron chi connectivity index (χ0n) is 13.0. The second-order valence-electron chi connectivity index (χ2n) is 4.89. The van der Waals surface area contributed by atoms with Crippen molar-refractivity contribution in [2.75, 3.05) is 26.1 Å². The lowest BCUT2D eigenvalue weighted by molar-refractivity contribution is 0.0950. The van der Waals surface area contributed by atoms with Gasteiger partial charge in [-0.15, -0.1) is 0 Å². The molecule has 0 spiro atoms. The number of carbonyl (C=O) groups is 1. The SMILES string of the molecule is COc1cc2[nH]c(=O)c(C(=O)NCC(Br)CBr)c(O)c2cc1OC. The van der Waals surface area contributed by atoms with Gasteiger partial charge in [0.05, 0.1) is 19.7 Å². The first-order valence-corrected chi connectivity index (χ1v) is 8.95. The molecule has 130 valence electrons. The van der Waals surface area contributed by atoms with Crippen molar-refractivity contribution in [2.45, 2.75) is 4.83 Å². The molecule has 1 amide bonds. The van der Waals surface area contributed by atoms with Crippen molar-refractivity contribution in [3.63, 3.8) is 0 Å². The van der Waals surface area contributed by atoms with Gasteiger partial charge in [-0.25, -0.2) is 0 Å². The lowest BCUT2D eigenvalue weighted by Crippen LogP contribution is -2.34. The van der Waals surface area contributed by atoms with Crippen LogP contribution in [0.4, 0.5) is 0 Å². The summed E-state index contributed by atoms with van der Waals surface area (Å²) in [5.41, 5.74) is -0.691. The molecular weight excluding hydrogens is 448 g/mol. The van der Waals surface area contributed by atoms with Crippen molar-refractivity contribution in [1.29, 1.82) is 0 Å². The maximum Gasteiger partial charge on any atom is 0.265 e. The predicted molar refractivity (Wildman–Crippen MR) is 98.2 cm³/mol. The number of amides is 1. The average Bonchev–Trinajstić information content (AvgIpc) is 2.58. The number of fused-ring (bicyclic) bond motifs is 1. The molecule has 1 aromatic heterocycles. The fourth-order valence-electron chi connectivity index (χ4n) is 2.16. The molecule has 3 N–H and O–H groups in total. The summed E-state index contributed by atoms with van der Waals surface area (Å²) in [6.45, 7) is 0.299. The molecule has 1 unspecified atom stereocenters. The summed E-state index contributed by atoms with van der Waals surface area (Å²) in [5, 5.41) is 13.9. The molecule has 7 nitrogen and oxygen atoms in total. The van der Waals surface area contributed by atoms with Crippen LogP contribution in [0.2, 0.25) is 0 Å². The van der Waals surface area contributed by atoms with Crippen LogP contribution >= 0.6 is 31.9 Å². The lowest BCUT2D eigenvalue weighted by Gasteiger charge is -2.12. The second-order valence-corrected chi connectivity index (χ2v) is 6.83. The van der Waals surface area contributed by atoms with Gasteiger partial charge in [0.25, 0.3) is 11.5 Å². The Bertz CT molecular complexity index is 822. The molecule has 0 aliphatic rings. The van der Waals surface area contributed by atoms with Gasteiger partial charge in [-0.3, -0.25) is 9.59 Å². The van der Waals surface area contributed by atoms with Crippen molar-refractivity contribution in [3.8, 4) is 17.2 Å². The number of nitrogens with one attached hydrogen (secondary N) is 2. The maximum atomic E-state index is 12.2. The van der Waals surface area contributed by atoms with E-state index in [1.807, 2.05) is 0 Å². The number of carbonyl (C=O) groups excluding carboxylic acids is 1. The Morgan fingerprint density at radius 3 is 2.54 bits per heavy atom. The van der Waals surface area contributed by atoms with E-state index >= 15 is 0 Å². The molecule has 1 aromatic carbocycles. The molecule has 1 atom stereocenters. The number of pyridine rings is 1. The Morgan fingerprint density at radius 2 is 1.96 bits per heavy atom. The van der Waals surface area contributed by atoms with Crippen LogP contribution in [0.25, 0.3) is 10.9 Å². The van der Waals surface area contributed by atoms with E-state index in [4.69, 9.17) is 9.47 Å². The molecular formula is C15H16Br2N2O5. The van der Waals surface area contributed by atoms with Gasteiger partial charge in [0.15, 0.2) is 11.5 Å². The summed E-state index contributed by atoms with van der Waals surface area (Å²) in [6, 6.07) is 3.03. The highest BCUT2D eigenvalue weighted by molar-refractivity contribution is 9.12. The fraction of sp³-hybridized carbons (Fsp3) is 0.333. The summed E-state index contributed by atoms with van der Waals surface area (Å²) in [4.78, 5) is 27.0. The van der Waals surface area contributed by atoms with E-state index in [0.29, 0.717) is 28.9 Å². The van der Waals surface area contributed by atoms with Gasteiger partial charge in [-0.05, 0) is 6.07 Å². The molecule has 2 rings (SSSR count). The zero-order valence-corrected chi connectivity index (χ0v) is 16.2. The van der Waals surface area contributed by atoms with Crippen LogP contribution in [-0.4, -0.2) is 46.9 Å². The number of ether oxygens (including phenoxy) is 2. The van der Waals surface area contributed by atoms with E-state index in [1.165, 1.54) is 26.4 Å². The van der Waals surface area contributed by atoms with Crippen LogP contribution in [-0.2, 0) is 0 Å². The largest absolute Gasteiger partial charge is 0.506 e. The number of rotatable bonds is 6. The number of halogens is 2. The maximum absolute atomic E-state index is 12.2. The molecule has 0 fully saturated rings. The molecule has 1 heterocycles. The van der Waals surface area contributed by atoms with Gasteiger partial charge >= 0.3 is 0 Å². The Kier molecular flexibility index (Phi) is 6.11. The van der Waals surface area contributed by atoms with E-state index < -0.39 is 17.2 Å². The molecule has 0 aliphatic heterocycles. The van der Waals surface area contributed by atoms with Gasteiger partial charge in [-0.2, -0.15) is 0 Å². The normalized spacial score (nSPS) is 12.0. The number of aromatic nitrogens is 1. The highest BCUT2D eigenvalue weighted by Crippen LogP contribution is 2.35. The number of hydrogen-bond donors (Lipinski definition) is 3. The van der Waals surface area contributed by atoms with Crippen LogP contribution in [0.15, 0.2) is 16.9 Å². The standard InChI is InChI=1S/C15H16Br2N2O5/c1-23-10-3-8-9(4-11(10)24-2)19-15(22)12(13(8)20)14(21)18-6-7(17)5-16/h3-4,7H,5-6H2,1-2H3,(H,18,21)(H2,19,20,22). The third kappa shape index (κ3) is 3.67. The zero-order chi connectivity index (χ0) is 17.9. The topological polar surface area (TPSA) is 101 Å². The number of aromatic hydroxyl groups is 1. The van der Waals surface area contributed by atoms with Crippen molar-refractivity contribution < 1.29 is 19.4 Å². The van der Waals surface area contributed by atoms with Gasteiger partial charge in [0.2, 0.25) is 0 Å². The van der Waals surface area contributed by atoms with Crippen LogP contribution in [0.5, 0.6) is 17.2 Å². The van der Waals surface area contributed by atoms with Crippen LogP contribution in [0.3, 0.4) is 0 Å². The van der Waals surface area contributed by atoms with E-state index in [1.54, 1.807) is 0 Å². The van der Waals surface area contributed by atoms with Gasteiger partial charge in [-0.1, -0.05) is 31.9 Å². The minimum absolute atomic E-state index is 0.00693. The molecule has 0 saturated carbocycles. The van der Waals surface area contributed by atoms with Crippen LogP contribution < -0.4 is 20.3 Å². The molecule has 9 heteroatoms. The monoisotopic (exact) mass is 462 g/mol. The van der Waals surface area contributed by atoms with E-state index in [-0.39, 0.29) is 15.8 Å². The quantitative estimate of drug-likeness (QED) is 0.570. The third-order valence-electron chi connectivity index (χ3n) is 3.37. The molecule has 0 aliphatic carbocycles. The van der Waals surface area contributed by atoms with Crippen molar-refractivity contribution in [1.82, 2.24) is 10.3 Å². The average molecular weight is 464 g/mol. The van der Waals surface area contributed by atoms with Gasteiger partial charge in [0, 0.05) is 28.2 Å². The summed E-state index contributed by atoms with van der Waals surface area (Å²) < 4.78 is 10.3. The number of H-pyrrole nitrogens is 1. The summed E-state index contributed by atoms with van der Waals surface area (Å²) in [7, 11) is 2.92. The highest BCUT2D eigenvalue weighted by Gasteiger charge is 2.21. The Hall–Kier alpha value is -1.74. The predicted octanol–water partition coefficient (Wildman–Crippen LogP) is 2.14. The Labute approximate surface area is 154 Å². The Balaban J connectivity index is 2.52. The minimum atomic E-state index is -0.685. The molecule has 2 aromatic rings. The highest BCUT2D eigenvalue weighted by atomic mass is 79.9. The molecule has 0 radical (unpaired) electrons. The molecule has 24 heavy (non-hydrogen) atoms. The second kappa shape index (κ2) is 7.89. The number of methoxy groups -OCH3 is 2. The van der Waals surface area contributed by atoms with Gasteiger partial charge in [0.1, 0.15) is 11.3 Å². The van der Waals surface area contributed by atoms with Gasteiger partial charge < -0.3 is 24.9 Å². The van der Waals surface area contributed by atoms with Crippen LogP contribution in [0.1, 0.15) is 10.4 Å². The third-order valence-corrected chi connectivity index (χ3v) is 5.67. The molecule has 0 bridgehead atoms. The Morgan fingerprint density at radius 1 is 1.33 bits per heavy atom. The fourth-order valence-corrected chi connectivity index (χ4v) is 2.55. The number of alkyl halides is 2. The summed E-state index contributed by atoms with van der Waals surface area (Å²) >= 11 is 6.62. The number of benzene rings is 1. The smallest absolute Gasteiger partial charge is 0.265 e. The minimum Gasteiger partial charge on any atom is -0.506 e. The molecule has 0 saturated heterocycles. The van der Waals surface area contributed by atoms with E-state index in [2.05, 4.69) is 42.2 Å². The first-order chi connectivity index (χ1) is 11.4. The summed E-state index contributed by atoms with van der Waals surface area (Å²) in [6.07, 6.45) is 0. The summed E-state index contributed by atoms with van der Waals surface area (Å²) in [5.74, 6) is -0.289. The van der Waals surface area contributed by atoms with Crippen molar-refractivity contribution in [2.24, 2.45) is 0 Å². The van der Waals surface area contributed by atoms with E-state index in [9.17, 15) is 14.7 Å². The first-order valence-electron chi connectivity index (χ1n) is 6.92. The van der Waals surface area contributed by atoms with Crippen molar-refractivity contribution in [3.05, 3.63) is 28.0 Å². The van der Waals surface area contributed by atoms with Crippen molar-refractivity contribution >= 4 is 48.7 Å². The van der Waals surface area contributed by atoms with Crippen LogP contribution in [0, 0.1) is 0 Å². The number of aromatic amines is 1. The van der Waals surface area contributed by atoms with E-state index in [0.717, 1.165) is 0 Å². The number of hydrogen-bond acceptors (Lipinski definition) is 5.